The Morgan fingerprint density at radius 2 is 2.42 bits per heavy atom. The van der Waals surface area contributed by atoms with E-state index < -0.39 is 5.60 Å². The molecule has 0 aliphatic carbocycles. The second-order valence-corrected chi connectivity index (χ2v) is 3.57. The molecule has 12 heavy (non-hydrogen) atoms. The molecular weight excluding hydrogens is 150 g/mol. The summed E-state index contributed by atoms with van der Waals surface area (Å²) in [6.45, 7) is 2.73. The Hall–Kier alpha value is -1.02. The molecule has 2 heterocycles. The molecule has 0 radical (unpaired) electrons. The highest BCUT2D eigenvalue weighted by Gasteiger charge is 2.18. The molecular formula is C10H13NO. The predicted molar refractivity (Wildman–Crippen MR) is 48.7 cm³/mol. The molecule has 64 valence electrons. The van der Waals surface area contributed by atoms with E-state index in [4.69, 9.17) is 0 Å². The van der Waals surface area contributed by atoms with Crippen molar-refractivity contribution in [1.29, 1.82) is 0 Å². The Balaban J connectivity index is 2.36. The first-order chi connectivity index (χ1) is 5.67. The van der Waals surface area contributed by atoms with Crippen LogP contribution >= 0.6 is 0 Å². The molecule has 1 aromatic heterocycles. The zero-order chi connectivity index (χ0) is 8.60. The van der Waals surface area contributed by atoms with Gasteiger partial charge in [0.25, 0.3) is 0 Å². The van der Waals surface area contributed by atoms with Crippen molar-refractivity contribution < 1.29 is 5.11 Å². The standard InChI is InChI=1S/C10H13NO/c1-10(12)5-4-9-3-2-7-11(9)8-6-10/h2-5,7,12H,6,8H2,1H3. The Morgan fingerprint density at radius 3 is 3.25 bits per heavy atom. The van der Waals surface area contributed by atoms with E-state index in [1.807, 2.05) is 31.3 Å². The maximum Gasteiger partial charge on any atom is 0.0820 e. The van der Waals surface area contributed by atoms with E-state index in [9.17, 15) is 5.11 Å². The van der Waals surface area contributed by atoms with Crippen LogP contribution < -0.4 is 0 Å². The molecule has 0 saturated carbocycles. The fourth-order valence-corrected chi connectivity index (χ4v) is 1.48. The van der Waals surface area contributed by atoms with Gasteiger partial charge < -0.3 is 9.67 Å². The molecule has 0 aromatic carbocycles. The molecule has 0 bridgehead atoms. The fourth-order valence-electron chi connectivity index (χ4n) is 1.48. The quantitative estimate of drug-likeness (QED) is 0.618. The zero-order valence-corrected chi connectivity index (χ0v) is 7.20. The monoisotopic (exact) mass is 163 g/mol. The van der Waals surface area contributed by atoms with Crippen LogP contribution in [0.4, 0.5) is 0 Å². The van der Waals surface area contributed by atoms with Crippen LogP contribution in [0.25, 0.3) is 6.08 Å². The van der Waals surface area contributed by atoms with Crippen LogP contribution in [0.2, 0.25) is 0 Å². The van der Waals surface area contributed by atoms with Crippen LogP contribution in [0.5, 0.6) is 0 Å². The number of aryl methyl sites for hydroxylation is 1. The second-order valence-electron chi connectivity index (χ2n) is 3.57. The van der Waals surface area contributed by atoms with Gasteiger partial charge >= 0.3 is 0 Å². The van der Waals surface area contributed by atoms with Crippen LogP contribution in [0.15, 0.2) is 24.4 Å². The Kier molecular flexibility index (Phi) is 1.58. The number of hydrogen-bond donors (Lipinski definition) is 1. The van der Waals surface area contributed by atoms with Crippen molar-refractivity contribution in [3.63, 3.8) is 0 Å². The van der Waals surface area contributed by atoms with Gasteiger partial charge in [0.15, 0.2) is 0 Å². The molecule has 0 saturated heterocycles. The molecule has 0 fully saturated rings. The van der Waals surface area contributed by atoms with Crippen molar-refractivity contribution >= 4 is 6.08 Å². The van der Waals surface area contributed by atoms with E-state index in [2.05, 4.69) is 10.6 Å². The van der Waals surface area contributed by atoms with Crippen molar-refractivity contribution in [3.05, 3.63) is 30.1 Å². The Bertz CT molecular complexity index is 309. The third kappa shape index (κ3) is 1.30. The van der Waals surface area contributed by atoms with E-state index in [0.717, 1.165) is 13.0 Å². The number of rotatable bonds is 0. The fraction of sp³-hybridized carbons (Fsp3) is 0.400. The van der Waals surface area contributed by atoms with E-state index in [0.29, 0.717) is 0 Å². The maximum absolute atomic E-state index is 9.74. The number of nitrogens with zero attached hydrogens (tertiary/aromatic N) is 1. The van der Waals surface area contributed by atoms with Crippen LogP contribution in [-0.2, 0) is 6.54 Å². The Morgan fingerprint density at radius 1 is 1.58 bits per heavy atom. The summed E-state index contributed by atoms with van der Waals surface area (Å²) >= 11 is 0. The summed E-state index contributed by atoms with van der Waals surface area (Å²) in [4.78, 5) is 0. The molecule has 2 rings (SSSR count). The lowest BCUT2D eigenvalue weighted by Gasteiger charge is -2.16. The molecule has 2 heteroatoms. The van der Waals surface area contributed by atoms with E-state index in [-0.39, 0.29) is 0 Å². The predicted octanol–water partition coefficient (Wildman–Crippen LogP) is 1.66. The van der Waals surface area contributed by atoms with Crippen LogP contribution in [-0.4, -0.2) is 15.3 Å². The summed E-state index contributed by atoms with van der Waals surface area (Å²) < 4.78 is 2.15. The maximum atomic E-state index is 9.74. The summed E-state index contributed by atoms with van der Waals surface area (Å²) in [7, 11) is 0. The molecule has 0 amide bonds. The Labute approximate surface area is 72.1 Å². The van der Waals surface area contributed by atoms with E-state index in [1.54, 1.807) is 0 Å². The van der Waals surface area contributed by atoms with Gasteiger partial charge in [-0.1, -0.05) is 6.08 Å². The van der Waals surface area contributed by atoms with Gasteiger partial charge in [0.2, 0.25) is 0 Å². The first-order valence-electron chi connectivity index (χ1n) is 4.24. The van der Waals surface area contributed by atoms with Crippen LogP contribution in [0.1, 0.15) is 19.0 Å². The SMILES string of the molecule is CC1(O)C=Cc2cccn2CC1. The molecule has 0 spiro atoms. The number of aliphatic hydroxyl groups is 1. The largest absolute Gasteiger partial charge is 0.386 e. The van der Waals surface area contributed by atoms with Crippen molar-refractivity contribution in [3.8, 4) is 0 Å². The normalized spacial score (nSPS) is 28.2. The van der Waals surface area contributed by atoms with Gasteiger partial charge in [-0.05, 0) is 31.6 Å². The highest BCUT2D eigenvalue weighted by atomic mass is 16.3. The average molecular weight is 163 g/mol. The third-order valence-corrected chi connectivity index (χ3v) is 2.34. The second kappa shape index (κ2) is 2.49. The molecule has 1 atom stereocenters. The van der Waals surface area contributed by atoms with Crippen molar-refractivity contribution in [2.24, 2.45) is 0 Å². The summed E-state index contributed by atoms with van der Waals surface area (Å²) in [6, 6.07) is 4.08. The van der Waals surface area contributed by atoms with Crippen molar-refractivity contribution in [1.82, 2.24) is 4.57 Å². The van der Waals surface area contributed by atoms with E-state index >= 15 is 0 Å². The smallest absolute Gasteiger partial charge is 0.0820 e. The molecule has 2 nitrogen and oxygen atoms in total. The van der Waals surface area contributed by atoms with Gasteiger partial charge in [-0.3, -0.25) is 0 Å². The lowest BCUT2D eigenvalue weighted by Crippen LogP contribution is -2.21. The van der Waals surface area contributed by atoms with Crippen LogP contribution in [0.3, 0.4) is 0 Å². The summed E-state index contributed by atoms with van der Waals surface area (Å²) in [5.74, 6) is 0. The highest BCUT2D eigenvalue weighted by Crippen LogP contribution is 2.20. The minimum atomic E-state index is -0.640. The lowest BCUT2D eigenvalue weighted by atomic mass is 10.0. The average Bonchev–Trinajstić information content (AvgIpc) is 2.40. The zero-order valence-electron chi connectivity index (χ0n) is 7.20. The first kappa shape index (κ1) is 7.62. The third-order valence-electron chi connectivity index (χ3n) is 2.34. The van der Waals surface area contributed by atoms with Gasteiger partial charge in [-0.2, -0.15) is 0 Å². The lowest BCUT2D eigenvalue weighted by molar-refractivity contribution is 0.0987. The van der Waals surface area contributed by atoms with Crippen molar-refractivity contribution in [2.45, 2.75) is 25.5 Å². The summed E-state index contributed by atoms with van der Waals surface area (Å²) in [5.41, 5.74) is 0.534. The minimum Gasteiger partial charge on any atom is -0.386 e. The van der Waals surface area contributed by atoms with Crippen molar-refractivity contribution in [2.75, 3.05) is 0 Å². The van der Waals surface area contributed by atoms with Gasteiger partial charge in [-0.15, -0.1) is 0 Å². The first-order valence-corrected chi connectivity index (χ1v) is 4.24. The molecule has 1 aliphatic heterocycles. The van der Waals surface area contributed by atoms with Gasteiger partial charge in [0.1, 0.15) is 0 Å². The van der Waals surface area contributed by atoms with Gasteiger partial charge in [0, 0.05) is 18.4 Å². The summed E-state index contributed by atoms with van der Waals surface area (Å²) in [6.07, 6.45) is 6.67. The number of hydrogen-bond acceptors (Lipinski definition) is 1. The van der Waals surface area contributed by atoms with E-state index in [1.165, 1.54) is 5.69 Å². The van der Waals surface area contributed by atoms with Crippen LogP contribution in [0, 0.1) is 0 Å². The molecule has 1 aromatic rings. The summed E-state index contributed by atoms with van der Waals surface area (Å²) in [5, 5.41) is 9.74. The van der Waals surface area contributed by atoms with Gasteiger partial charge in [0.05, 0.1) is 5.60 Å². The van der Waals surface area contributed by atoms with Gasteiger partial charge in [-0.25, -0.2) is 0 Å². The minimum absolute atomic E-state index is 0.640. The highest BCUT2D eigenvalue weighted by molar-refractivity contribution is 5.47. The molecule has 1 N–H and O–H groups in total. The number of aromatic nitrogens is 1. The molecule has 1 unspecified atom stereocenters. The number of fused-ring (bicyclic) bond motifs is 1. The molecule has 1 aliphatic rings. The topological polar surface area (TPSA) is 25.2 Å².